The van der Waals surface area contributed by atoms with Crippen molar-refractivity contribution in [2.75, 3.05) is 0 Å². The van der Waals surface area contributed by atoms with E-state index in [0.29, 0.717) is 17.8 Å². The topological polar surface area (TPSA) is 46.9 Å². The second-order valence-electron chi connectivity index (χ2n) is 5.83. The molecule has 2 aromatic heterocycles. The lowest BCUT2D eigenvalue weighted by Crippen LogP contribution is -2.24. The average molecular weight is 357 g/mol. The van der Waals surface area contributed by atoms with Gasteiger partial charge in [0, 0.05) is 34.0 Å². The van der Waals surface area contributed by atoms with E-state index >= 15 is 0 Å². The fraction of sp³-hybridized carbons (Fsp3) is 0.263. The van der Waals surface area contributed by atoms with Gasteiger partial charge in [-0.05, 0) is 39.0 Å². The molecular formula is C19H20FN3OS. The van der Waals surface area contributed by atoms with Crippen LogP contribution >= 0.6 is 11.3 Å². The summed E-state index contributed by atoms with van der Waals surface area (Å²) in [5.41, 5.74) is 2.83. The van der Waals surface area contributed by atoms with Crippen LogP contribution < -0.4 is 5.32 Å². The number of aromatic nitrogens is 2. The van der Waals surface area contributed by atoms with Gasteiger partial charge in [-0.2, -0.15) is 5.10 Å². The molecule has 0 atom stereocenters. The van der Waals surface area contributed by atoms with Crippen LogP contribution in [0.15, 0.2) is 36.4 Å². The predicted octanol–water partition coefficient (Wildman–Crippen LogP) is 4.32. The molecule has 0 saturated heterocycles. The Bertz CT molecular complexity index is 913. The molecule has 0 fully saturated rings. The largest absolute Gasteiger partial charge is 0.346 e. The number of nitrogens with zero attached hydrogens (tertiary/aromatic N) is 2. The highest BCUT2D eigenvalue weighted by molar-refractivity contribution is 7.12. The van der Waals surface area contributed by atoms with Crippen LogP contribution in [0.4, 0.5) is 4.39 Å². The minimum absolute atomic E-state index is 0.135. The Hall–Kier alpha value is -2.47. The maximum Gasteiger partial charge on any atom is 0.272 e. The third-order valence-corrected chi connectivity index (χ3v) is 4.99. The maximum atomic E-state index is 13.7. The quantitative estimate of drug-likeness (QED) is 0.739. The SMILES string of the molecule is CCn1nc(C(=O)NCc2ccccc2F)cc1-c1cc(C)sc1C. The predicted molar refractivity (Wildman–Crippen MR) is 98.3 cm³/mol. The van der Waals surface area contributed by atoms with Crippen LogP contribution in [0, 0.1) is 19.7 Å². The Labute approximate surface area is 150 Å². The van der Waals surface area contributed by atoms with Crippen LogP contribution in [0.25, 0.3) is 11.3 Å². The molecule has 0 aliphatic rings. The van der Waals surface area contributed by atoms with Crippen LogP contribution in [0.3, 0.4) is 0 Å². The van der Waals surface area contributed by atoms with Crippen LogP contribution in [-0.4, -0.2) is 15.7 Å². The Kier molecular flexibility index (Phi) is 4.99. The van der Waals surface area contributed by atoms with Gasteiger partial charge in [0.2, 0.25) is 0 Å². The number of carbonyl (C=O) groups excluding carboxylic acids is 1. The van der Waals surface area contributed by atoms with Gasteiger partial charge >= 0.3 is 0 Å². The summed E-state index contributed by atoms with van der Waals surface area (Å²) in [4.78, 5) is 14.8. The minimum atomic E-state index is -0.327. The van der Waals surface area contributed by atoms with Gasteiger partial charge in [0.1, 0.15) is 5.82 Å². The lowest BCUT2D eigenvalue weighted by atomic mass is 10.1. The number of rotatable bonds is 5. The van der Waals surface area contributed by atoms with Gasteiger partial charge in [0.25, 0.3) is 5.91 Å². The van der Waals surface area contributed by atoms with Crippen molar-refractivity contribution in [2.45, 2.75) is 33.9 Å². The van der Waals surface area contributed by atoms with Crippen molar-refractivity contribution in [1.82, 2.24) is 15.1 Å². The zero-order valence-corrected chi connectivity index (χ0v) is 15.3. The van der Waals surface area contributed by atoms with Gasteiger partial charge in [-0.15, -0.1) is 11.3 Å². The van der Waals surface area contributed by atoms with Crippen molar-refractivity contribution in [1.29, 1.82) is 0 Å². The first-order valence-electron chi connectivity index (χ1n) is 8.16. The normalized spacial score (nSPS) is 10.9. The first-order chi connectivity index (χ1) is 12.0. The third-order valence-electron chi connectivity index (χ3n) is 4.03. The van der Waals surface area contributed by atoms with Crippen molar-refractivity contribution in [3.05, 3.63) is 63.2 Å². The Balaban J connectivity index is 1.82. The van der Waals surface area contributed by atoms with E-state index in [0.717, 1.165) is 11.3 Å². The average Bonchev–Trinajstić information content (AvgIpc) is 3.16. The van der Waals surface area contributed by atoms with Crippen molar-refractivity contribution in [3.8, 4) is 11.3 Å². The second kappa shape index (κ2) is 7.19. The second-order valence-corrected chi connectivity index (χ2v) is 7.29. The van der Waals surface area contributed by atoms with E-state index in [4.69, 9.17) is 0 Å². The Morgan fingerprint density at radius 1 is 1.28 bits per heavy atom. The molecule has 4 nitrogen and oxygen atoms in total. The third kappa shape index (κ3) is 3.64. The van der Waals surface area contributed by atoms with Crippen LogP contribution in [0.2, 0.25) is 0 Å². The van der Waals surface area contributed by atoms with Gasteiger partial charge < -0.3 is 5.32 Å². The van der Waals surface area contributed by atoms with Crippen molar-refractivity contribution in [2.24, 2.45) is 0 Å². The molecule has 0 radical (unpaired) electrons. The molecule has 6 heteroatoms. The molecule has 0 spiro atoms. The number of aryl methyl sites for hydroxylation is 3. The monoisotopic (exact) mass is 357 g/mol. The summed E-state index contributed by atoms with van der Waals surface area (Å²) in [6.07, 6.45) is 0. The zero-order chi connectivity index (χ0) is 18.0. The number of thiophene rings is 1. The van der Waals surface area contributed by atoms with Crippen LogP contribution in [0.5, 0.6) is 0 Å². The van der Waals surface area contributed by atoms with E-state index in [-0.39, 0.29) is 18.3 Å². The lowest BCUT2D eigenvalue weighted by Gasteiger charge is -2.04. The fourth-order valence-electron chi connectivity index (χ4n) is 2.78. The first kappa shape index (κ1) is 17.4. The van der Waals surface area contributed by atoms with Gasteiger partial charge in [0.05, 0.1) is 5.69 Å². The van der Waals surface area contributed by atoms with E-state index < -0.39 is 0 Å². The van der Waals surface area contributed by atoms with Gasteiger partial charge in [-0.3, -0.25) is 9.48 Å². The molecule has 0 aliphatic heterocycles. The molecular weight excluding hydrogens is 337 g/mol. The van der Waals surface area contributed by atoms with Gasteiger partial charge in [-0.1, -0.05) is 18.2 Å². The summed E-state index contributed by atoms with van der Waals surface area (Å²) >= 11 is 1.73. The summed E-state index contributed by atoms with van der Waals surface area (Å²) < 4.78 is 15.5. The molecule has 1 aromatic carbocycles. The van der Waals surface area contributed by atoms with E-state index in [9.17, 15) is 9.18 Å². The fourth-order valence-corrected chi connectivity index (χ4v) is 3.71. The Morgan fingerprint density at radius 2 is 2.04 bits per heavy atom. The molecule has 0 bridgehead atoms. The van der Waals surface area contributed by atoms with Crippen LogP contribution in [-0.2, 0) is 13.1 Å². The summed E-state index contributed by atoms with van der Waals surface area (Å²) in [7, 11) is 0. The summed E-state index contributed by atoms with van der Waals surface area (Å²) in [5, 5.41) is 7.15. The highest BCUT2D eigenvalue weighted by Crippen LogP contribution is 2.31. The van der Waals surface area contributed by atoms with Crippen molar-refractivity contribution in [3.63, 3.8) is 0 Å². The zero-order valence-electron chi connectivity index (χ0n) is 14.5. The molecule has 0 aliphatic carbocycles. The molecule has 3 rings (SSSR count). The summed E-state index contributed by atoms with van der Waals surface area (Å²) in [5.74, 6) is -0.631. The Morgan fingerprint density at radius 3 is 2.68 bits per heavy atom. The molecule has 2 heterocycles. The van der Waals surface area contributed by atoms with E-state index in [1.807, 2.05) is 11.6 Å². The molecule has 0 unspecified atom stereocenters. The highest BCUT2D eigenvalue weighted by atomic mass is 32.1. The number of hydrogen-bond donors (Lipinski definition) is 1. The molecule has 130 valence electrons. The molecule has 1 amide bonds. The van der Waals surface area contributed by atoms with Crippen molar-refractivity contribution >= 4 is 17.2 Å². The molecule has 3 aromatic rings. The van der Waals surface area contributed by atoms with Crippen LogP contribution in [0.1, 0.15) is 32.7 Å². The maximum absolute atomic E-state index is 13.7. The van der Waals surface area contributed by atoms with E-state index in [1.54, 1.807) is 35.6 Å². The molecule has 25 heavy (non-hydrogen) atoms. The minimum Gasteiger partial charge on any atom is -0.346 e. The first-order valence-corrected chi connectivity index (χ1v) is 8.98. The number of halogens is 1. The van der Waals surface area contributed by atoms with Gasteiger partial charge in [0.15, 0.2) is 5.69 Å². The standard InChI is InChI=1S/C19H20FN3OS/c1-4-23-18(15-9-12(2)25-13(15)3)10-17(22-23)19(24)21-11-14-7-5-6-8-16(14)20/h5-10H,4,11H2,1-3H3,(H,21,24). The number of amides is 1. The lowest BCUT2D eigenvalue weighted by molar-refractivity contribution is 0.0944. The number of carbonyl (C=O) groups is 1. The van der Waals surface area contributed by atoms with E-state index in [2.05, 4.69) is 30.3 Å². The number of nitrogens with one attached hydrogen (secondary N) is 1. The molecule has 1 N–H and O–H groups in total. The number of benzene rings is 1. The summed E-state index contributed by atoms with van der Waals surface area (Å²) in [6.45, 7) is 6.93. The van der Waals surface area contributed by atoms with E-state index in [1.165, 1.54) is 15.8 Å². The summed E-state index contributed by atoms with van der Waals surface area (Å²) in [6, 6.07) is 10.3. The smallest absolute Gasteiger partial charge is 0.272 e. The van der Waals surface area contributed by atoms with Crippen molar-refractivity contribution < 1.29 is 9.18 Å². The van der Waals surface area contributed by atoms with Gasteiger partial charge in [-0.25, -0.2) is 4.39 Å². The highest BCUT2D eigenvalue weighted by Gasteiger charge is 2.17. The number of hydrogen-bond acceptors (Lipinski definition) is 3. The molecule has 0 saturated carbocycles.